The molecule has 0 aromatic carbocycles. The van der Waals surface area contributed by atoms with Gasteiger partial charge in [0.05, 0.1) is 11.9 Å². The first-order valence-corrected chi connectivity index (χ1v) is 5.51. The van der Waals surface area contributed by atoms with Crippen molar-refractivity contribution in [1.29, 1.82) is 0 Å². The summed E-state index contributed by atoms with van der Waals surface area (Å²) >= 11 is 0. The van der Waals surface area contributed by atoms with E-state index in [1.165, 1.54) is 18.5 Å². The number of ether oxygens (including phenoxy) is 1. The Morgan fingerprint density at radius 3 is 2.83 bits per heavy atom. The van der Waals surface area contributed by atoms with E-state index >= 15 is 0 Å². The molecule has 0 fully saturated rings. The van der Waals surface area contributed by atoms with Gasteiger partial charge in [0.25, 0.3) is 0 Å². The Labute approximate surface area is 105 Å². The molecule has 0 radical (unpaired) electrons. The van der Waals surface area contributed by atoms with Crippen LogP contribution in [0.25, 0.3) is 0 Å². The SMILES string of the molecule is Cc1cccc(COc2cncc(B(O)O)c2)n1. The van der Waals surface area contributed by atoms with Crippen molar-refractivity contribution >= 4 is 12.6 Å². The van der Waals surface area contributed by atoms with Crippen LogP contribution in [0.4, 0.5) is 0 Å². The number of hydrogen-bond acceptors (Lipinski definition) is 5. The average molecular weight is 244 g/mol. The highest BCUT2D eigenvalue weighted by Gasteiger charge is 2.12. The maximum absolute atomic E-state index is 9.02. The van der Waals surface area contributed by atoms with Gasteiger partial charge in [-0.2, -0.15) is 0 Å². The van der Waals surface area contributed by atoms with Gasteiger partial charge in [0, 0.05) is 17.4 Å². The second-order valence-corrected chi connectivity index (χ2v) is 3.89. The molecule has 92 valence electrons. The van der Waals surface area contributed by atoms with Gasteiger partial charge in [0.15, 0.2) is 0 Å². The second kappa shape index (κ2) is 5.62. The molecule has 18 heavy (non-hydrogen) atoms. The zero-order valence-electron chi connectivity index (χ0n) is 9.95. The quantitative estimate of drug-likeness (QED) is 0.743. The third kappa shape index (κ3) is 3.29. The number of rotatable bonds is 4. The average Bonchev–Trinajstić information content (AvgIpc) is 2.37. The lowest BCUT2D eigenvalue weighted by molar-refractivity contribution is 0.300. The molecule has 5 nitrogen and oxygen atoms in total. The predicted octanol–water partition coefficient (Wildman–Crippen LogP) is 0.0438. The van der Waals surface area contributed by atoms with Crippen LogP contribution in [0.3, 0.4) is 0 Å². The van der Waals surface area contributed by atoms with E-state index < -0.39 is 7.12 Å². The maximum Gasteiger partial charge on any atom is 0.490 e. The Hall–Kier alpha value is -1.92. The van der Waals surface area contributed by atoms with Gasteiger partial charge < -0.3 is 14.8 Å². The smallest absolute Gasteiger partial charge is 0.486 e. The normalized spacial score (nSPS) is 10.2. The third-order valence-corrected chi connectivity index (χ3v) is 2.37. The van der Waals surface area contributed by atoms with Crippen molar-refractivity contribution in [2.24, 2.45) is 0 Å². The molecule has 0 bridgehead atoms. The fourth-order valence-electron chi connectivity index (χ4n) is 1.49. The van der Waals surface area contributed by atoms with Crippen molar-refractivity contribution in [2.45, 2.75) is 13.5 Å². The highest BCUT2D eigenvalue weighted by atomic mass is 16.5. The molecule has 0 saturated carbocycles. The number of aryl methyl sites for hydroxylation is 1. The largest absolute Gasteiger partial charge is 0.490 e. The van der Waals surface area contributed by atoms with Gasteiger partial charge in [-0.15, -0.1) is 0 Å². The van der Waals surface area contributed by atoms with E-state index in [0.29, 0.717) is 17.8 Å². The minimum atomic E-state index is -1.54. The predicted molar refractivity (Wildman–Crippen MR) is 67.4 cm³/mol. The van der Waals surface area contributed by atoms with Gasteiger partial charge in [-0.05, 0) is 25.1 Å². The highest BCUT2D eigenvalue weighted by Crippen LogP contribution is 2.08. The summed E-state index contributed by atoms with van der Waals surface area (Å²) in [6, 6.07) is 7.22. The van der Waals surface area contributed by atoms with Crippen molar-refractivity contribution in [1.82, 2.24) is 9.97 Å². The molecule has 0 amide bonds. The zero-order valence-corrected chi connectivity index (χ0v) is 9.95. The second-order valence-electron chi connectivity index (χ2n) is 3.89. The van der Waals surface area contributed by atoms with Gasteiger partial charge >= 0.3 is 7.12 Å². The minimum absolute atomic E-state index is 0.296. The molecule has 0 saturated heterocycles. The van der Waals surface area contributed by atoms with Crippen molar-refractivity contribution in [3.8, 4) is 5.75 Å². The zero-order chi connectivity index (χ0) is 13.0. The van der Waals surface area contributed by atoms with Gasteiger partial charge in [-0.25, -0.2) is 0 Å². The van der Waals surface area contributed by atoms with Crippen LogP contribution >= 0.6 is 0 Å². The first kappa shape index (κ1) is 12.5. The molecule has 0 aliphatic carbocycles. The van der Waals surface area contributed by atoms with E-state index in [2.05, 4.69) is 9.97 Å². The molecule has 2 rings (SSSR count). The van der Waals surface area contributed by atoms with Gasteiger partial charge in [-0.3, -0.25) is 9.97 Å². The lowest BCUT2D eigenvalue weighted by Crippen LogP contribution is -2.30. The highest BCUT2D eigenvalue weighted by molar-refractivity contribution is 6.58. The third-order valence-electron chi connectivity index (χ3n) is 2.37. The Morgan fingerprint density at radius 2 is 2.11 bits per heavy atom. The Morgan fingerprint density at radius 1 is 1.28 bits per heavy atom. The van der Waals surface area contributed by atoms with E-state index in [1.807, 2.05) is 25.1 Å². The molecule has 2 heterocycles. The molecule has 0 atom stereocenters. The van der Waals surface area contributed by atoms with Crippen LogP contribution in [0.1, 0.15) is 11.4 Å². The van der Waals surface area contributed by atoms with E-state index in [1.54, 1.807) is 0 Å². The van der Waals surface area contributed by atoms with Crippen LogP contribution in [0.2, 0.25) is 0 Å². The molecule has 0 aliphatic heterocycles. The first-order chi connectivity index (χ1) is 8.65. The van der Waals surface area contributed by atoms with Crippen LogP contribution in [0.15, 0.2) is 36.7 Å². The number of hydrogen-bond donors (Lipinski definition) is 2. The molecule has 0 unspecified atom stereocenters. The van der Waals surface area contributed by atoms with Crippen molar-refractivity contribution in [2.75, 3.05) is 0 Å². The van der Waals surface area contributed by atoms with Gasteiger partial charge in [0.2, 0.25) is 0 Å². The van der Waals surface area contributed by atoms with Gasteiger partial charge in [0.1, 0.15) is 12.4 Å². The minimum Gasteiger partial charge on any atom is -0.486 e. The lowest BCUT2D eigenvalue weighted by Gasteiger charge is -2.07. The van der Waals surface area contributed by atoms with Crippen molar-refractivity contribution in [3.05, 3.63) is 48.0 Å². The summed E-state index contributed by atoms with van der Waals surface area (Å²) in [5.41, 5.74) is 2.03. The Kier molecular flexibility index (Phi) is 3.91. The molecule has 2 aromatic rings. The van der Waals surface area contributed by atoms with E-state index in [9.17, 15) is 0 Å². The molecule has 2 aromatic heterocycles. The lowest BCUT2D eigenvalue weighted by atomic mass is 9.82. The fraction of sp³-hybridized carbons (Fsp3) is 0.167. The Balaban J connectivity index is 2.04. The molecule has 2 N–H and O–H groups in total. The van der Waals surface area contributed by atoms with Crippen LogP contribution < -0.4 is 10.2 Å². The Bertz CT molecular complexity index is 534. The molecule has 0 aliphatic rings. The molecular weight excluding hydrogens is 231 g/mol. The monoisotopic (exact) mass is 244 g/mol. The molecule has 6 heteroatoms. The summed E-state index contributed by atoms with van der Waals surface area (Å²) in [7, 11) is -1.54. The van der Waals surface area contributed by atoms with Crippen molar-refractivity contribution in [3.63, 3.8) is 0 Å². The number of aromatic nitrogens is 2. The first-order valence-electron chi connectivity index (χ1n) is 5.51. The summed E-state index contributed by atoms with van der Waals surface area (Å²) in [5.74, 6) is 0.476. The van der Waals surface area contributed by atoms with E-state index in [0.717, 1.165) is 11.4 Å². The standard InChI is InChI=1S/C12H13BN2O3/c1-9-3-2-4-11(15-9)8-18-12-5-10(13(16)17)6-14-7-12/h2-7,16-17H,8H2,1H3. The molecule has 0 spiro atoms. The summed E-state index contributed by atoms with van der Waals surface area (Å²) in [5, 5.41) is 18.0. The van der Waals surface area contributed by atoms with Crippen LogP contribution in [0, 0.1) is 6.92 Å². The maximum atomic E-state index is 9.02. The fourth-order valence-corrected chi connectivity index (χ4v) is 1.49. The summed E-state index contributed by atoms with van der Waals surface area (Å²) in [6.45, 7) is 2.22. The summed E-state index contributed by atoms with van der Waals surface area (Å²) < 4.78 is 5.49. The van der Waals surface area contributed by atoms with Crippen LogP contribution in [-0.2, 0) is 6.61 Å². The number of nitrogens with zero attached hydrogens (tertiary/aromatic N) is 2. The number of pyridine rings is 2. The van der Waals surface area contributed by atoms with E-state index in [4.69, 9.17) is 14.8 Å². The van der Waals surface area contributed by atoms with E-state index in [-0.39, 0.29) is 0 Å². The van der Waals surface area contributed by atoms with Crippen LogP contribution in [0.5, 0.6) is 5.75 Å². The van der Waals surface area contributed by atoms with Crippen molar-refractivity contribution < 1.29 is 14.8 Å². The summed E-state index contributed by atoms with van der Waals surface area (Å²) in [4.78, 5) is 8.17. The molecular formula is C12H13BN2O3. The summed E-state index contributed by atoms with van der Waals surface area (Å²) in [6.07, 6.45) is 2.89. The van der Waals surface area contributed by atoms with Gasteiger partial charge in [-0.1, -0.05) is 6.07 Å². The van der Waals surface area contributed by atoms with Crippen LogP contribution in [-0.4, -0.2) is 27.1 Å². The topological polar surface area (TPSA) is 75.5 Å².